The number of ether oxygens (including phenoxy) is 1. The van der Waals surface area contributed by atoms with Gasteiger partial charge in [0.1, 0.15) is 17.8 Å². The molecule has 1 amide bonds. The fraction of sp³-hybridized carbons (Fsp3) is 0. The number of amides is 1. The molecule has 3 aromatic rings. The summed E-state index contributed by atoms with van der Waals surface area (Å²) in [7, 11) is 0. The van der Waals surface area contributed by atoms with E-state index in [1.54, 1.807) is 18.2 Å². The van der Waals surface area contributed by atoms with Gasteiger partial charge in [0, 0.05) is 11.8 Å². The normalized spacial score (nSPS) is 10.1. The van der Waals surface area contributed by atoms with Gasteiger partial charge < -0.3 is 10.1 Å². The van der Waals surface area contributed by atoms with Crippen LogP contribution in [-0.2, 0) is 0 Å². The Bertz CT molecular complexity index is 726. The predicted molar refractivity (Wildman–Crippen MR) is 77.3 cm³/mol. The molecule has 104 valence electrons. The van der Waals surface area contributed by atoms with Gasteiger partial charge in [0.05, 0.1) is 0 Å². The van der Waals surface area contributed by atoms with E-state index in [0.29, 0.717) is 11.4 Å². The molecule has 6 nitrogen and oxygen atoms in total. The smallest absolute Gasteiger partial charge is 0.292 e. The standard InChI is InChI=1S/C15H12N4O2/c20-15(14-16-10-17-19-14)18-11-5-4-8-13(9-11)21-12-6-2-1-3-7-12/h1-10H,(H,18,20)(H,16,17,19). The lowest BCUT2D eigenvalue weighted by atomic mass is 10.3. The number of carbonyl (C=O) groups excluding carboxylic acids is 1. The molecule has 0 bridgehead atoms. The maximum atomic E-state index is 11.9. The SMILES string of the molecule is O=C(Nc1cccc(Oc2ccccc2)c1)c1ncn[nH]1. The highest BCUT2D eigenvalue weighted by molar-refractivity contribution is 6.01. The third-order valence-electron chi connectivity index (χ3n) is 2.70. The van der Waals surface area contributed by atoms with Crippen LogP contribution in [0.3, 0.4) is 0 Å². The number of anilines is 1. The van der Waals surface area contributed by atoms with E-state index in [1.807, 2.05) is 36.4 Å². The van der Waals surface area contributed by atoms with Gasteiger partial charge in [-0.3, -0.25) is 9.89 Å². The molecule has 2 N–H and O–H groups in total. The second-order valence-electron chi connectivity index (χ2n) is 4.23. The largest absolute Gasteiger partial charge is 0.457 e. The van der Waals surface area contributed by atoms with E-state index in [-0.39, 0.29) is 11.7 Å². The summed E-state index contributed by atoms with van der Waals surface area (Å²) in [6.45, 7) is 0. The van der Waals surface area contributed by atoms with Crippen molar-refractivity contribution in [2.75, 3.05) is 5.32 Å². The van der Waals surface area contributed by atoms with Gasteiger partial charge in [-0.1, -0.05) is 24.3 Å². The van der Waals surface area contributed by atoms with Crippen LogP contribution in [0.1, 0.15) is 10.6 Å². The Morgan fingerprint density at radius 3 is 2.62 bits per heavy atom. The second kappa shape index (κ2) is 5.87. The molecule has 0 atom stereocenters. The molecule has 21 heavy (non-hydrogen) atoms. The van der Waals surface area contributed by atoms with E-state index in [2.05, 4.69) is 20.5 Å². The van der Waals surface area contributed by atoms with Crippen molar-refractivity contribution < 1.29 is 9.53 Å². The molecule has 0 saturated heterocycles. The zero-order chi connectivity index (χ0) is 14.5. The van der Waals surface area contributed by atoms with Gasteiger partial charge in [0.2, 0.25) is 5.82 Å². The van der Waals surface area contributed by atoms with Crippen molar-refractivity contribution in [1.29, 1.82) is 0 Å². The summed E-state index contributed by atoms with van der Waals surface area (Å²) in [6.07, 6.45) is 1.28. The zero-order valence-corrected chi connectivity index (χ0v) is 11.0. The summed E-state index contributed by atoms with van der Waals surface area (Å²) in [4.78, 5) is 15.7. The molecule has 1 heterocycles. The summed E-state index contributed by atoms with van der Waals surface area (Å²) >= 11 is 0. The first-order valence-corrected chi connectivity index (χ1v) is 6.31. The second-order valence-corrected chi connectivity index (χ2v) is 4.23. The van der Waals surface area contributed by atoms with Crippen molar-refractivity contribution in [3.8, 4) is 11.5 Å². The van der Waals surface area contributed by atoms with E-state index in [4.69, 9.17) is 4.74 Å². The molecule has 0 aliphatic rings. The van der Waals surface area contributed by atoms with Gasteiger partial charge in [-0.2, -0.15) is 5.10 Å². The molecule has 6 heteroatoms. The highest BCUT2D eigenvalue weighted by atomic mass is 16.5. The van der Waals surface area contributed by atoms with Crippen LogP contribution in [0, 0.1) is 0 Å². The first-order chi connectivity index (χ1) is 10.3. The lowest BCUT2D eigenvalue weighted by molar-refractivity contribution is 0.101. The maximum Gasteiger partial charge on any atom is 0.292 e. The molecule has 1 aromatic heterocycles. The van der Waals surface area contributed by atoms with Gasteiger partial charge in [0.15, 0.2) is 0 Å². The lowest BCUT2D eigenvalue weighted by Gasteiger charge is -2.08. The minimum absolute atomic E-state index is 0.157. The summed E-state index contributed by atoms with van der Waals surface area (Å²) in [5.74, 6) is 1.17. The van der Waals surface area contributed by atoms with E-state index in [1.165, 1.54) is 6.33 Å². The first kappa shape index (κ1) is 12.9. The number of nitrogens with zero attached hydrogens (tertiary/aromatic N) is 2. The number of H-pyrrole nitrogens is 1. The highest BCUT2D eigenvalue weighted by Gasteiger charge is 2.09. The average molecular weight is 280 g/mol. The Hall–Kier alpha value is -3.15. The fourth-order valence-corrected chi connectivity index (χ4v) is 1.77. The van der Waals surface area contributed by atoms with Gasteiger partial charge in [0.25, 0.3) is 5.91 Å². The number of benzene rings is 2. The molecular formula is C15H12N4O2. The first-order valence-electron chi connectivity index (χ1n) is 6.31. The molecule has 3 rings (SSSR count). The zero-order valence-electron chi connectivity index (χ0n) is 11.0. The fourth-order valence-electron chi connectivity index (χ4n) is 1.77. The highest BCUT2D eigenvalue weighted by Crippen LogP contribution is 2.23. The predicted octanol–water partition coefficient (Wildman–Crippen LogP) is 2.85. The van der Waals surface area contributed by atoms with Crippen LogP contribution in [-0.4, -0.2) is 21.1 Å². The van der Waals surface area contributed by atoms with Crippen LogP contribution in [0.2, 0.25) is 0 Å². The molecule has 0 aliphatic carbocycles. The Morgan fingerprint density at radius 2 is 1.86 bits per heavy atom. The average Bonchev–Trinajstić information content (AvgIpc) is 3.03. The molecule has 2 aromatic carbocycles. The van der Waals surface area contributed by atoms with Crippen molar-refractivity contribution in [2.24, 2.45) is 0 Å². The van der Waals surface area contributed by atoms with Crippen LogP contribution < -0.4 is 10.1 Å². The number of hydrogen-bond donors (Lipinski definition) is 2. The van der Waals surface area contributed by atoms with Gasteiger partial charge in [-0.25, -0.2) is 4.98 Å². The summed E-state index contributed by atoms with van der Waals surface area (Å²) in [6, 6.07) is 16.6. The number of aromatic amines is 1. The monoisotopic (exact) mass is 280 g/mol. The van der Waals surface area contributed by atoms with Crippen molar-refractivity contribution in [2.45, 2.75) is 0 Å². The van der Waals surface area contributed by atoms with Crippen LogP contribution in [0.4, 0.5) is 5.69 Å². The van der Waals surface area contributed by atoms with E-state index in [9.17, 15) is 4.79 Å². The number of nitrogens with one attached hydrogen (secondary N) is 2. The third-order valence-corrected chi connectivity index (χ3v) is 2.70. The number of hydrogen-bond acceptors (Lipinski definition) is 4. The van der Waals surface area contributed by atoms with Crippen molar-refractivity contribution >= 4 is 11.6 Å². The van der Waals surface area contributed by atoms with Gasteiger partial charge in [-0.15, -0.1) is 0 Å². The number of rotatable bonds is 4. The number of carbonyl (C=O) groups is 1. The van der Waals surface area contributed by atoms with E-state index in [0.717, 1.165) is 5.75 Å². The topological polar surface area (TPSA) is 79.9 Å². The molecular weight excluding hydrogens is 268 g/mol. The molecule has 0 saturated carbocycles. The van der Waals surface area contributed by atoms with Crippen LogP contribution in [0.25, 0.3) is 0 Å². The quantitative estimate of drug-likeness (QED) is 0.770. The number of para-hydroxylation sites is 1. The molecule has 0 spiro atoms. The minimum atomic E-state index is -0.357. The van der Waals surface area contributed by atoms with Crippen molar-refractivity contribution in [3.05, 3.63) is 66.7 Å². The van der Waals surface area contributed by atoms with Crippen molar-refractivity contribution in [3.63, 3.8) is 0 Å². The Balaban J connectivity index is 1.73. The van der Waals surface area contributed by atoms with E-state index >= 15 is 0 Å². The van der Waals surface area contributed by atoms with Crippen LogP contribution in [0.5, 0.6) is 11.5 Å². The van der Waals surface area contributed by atoms with Crippen LogP contribution >= 0.6 is 0 Å². The van der Waals surface area contributed by atoms with E-state index < -0.39 is 0 Å². The molecule has 0 aliphatic heterocycles. The molecule has 0 radical (unpaired) electrons. The third kappa shape index (κ3) is 3.24. The number of aromatic nitrogens is 3. The molecule has 0 fully saturated rings. The van der Waals surface area contributed by atoms with Crippen LogP contribution in [0.15, 0.2) is 60.9 Å². The minimum Gasteiger partial charge on any atom is -0.457 e. The van der Waals surface area contributed by atoms with Gasteiger partial charge >= 0.3 is 0 Å². The molecule has 0 unspecified atom stereocenters. The lowest BCUT2D eigenvalue weighted by Crippen LogP contribution is -2.13. The maximum absolute atomic E-state index is 11.9. The van der Waals surface area contributed by atoms with Crippen molar-refractivity contribution in [1.82, 2.24) is 15.2 Å². The summed E-state index contributed by atoms with van der Waals surface area (Å²) in [5.41, 5.74) is 0.616. The Kier molecular flexibility index (Phi) is 3.60. The van der Waals surface area contributed by atoms with Gasteiger partial charge in [-0.05, 0) is 24.3 Å². The summed E-state index contributed by atoms with van der Waals surface area (Å²) < 4.78 is 5.70. The Labute approximate surface area is 120 Å². The summed E-state index contributed by atoms with van der Waals surface area (Å²) in [5, 5.41) is 8.86. The Morgan fingerprint density at radius 1 is 1.05 bits per heavy atom.